The first-order valence-electron chi connectivity index (χ1n) is 7.63. The molecule has 1 aromatic heterocycles. The van der Waals surface area contributed by atoms with Crippen molar-refractivity contribution in [2.75, 3.05) is 26.2 Å². The van der Waals surface area contributed by atoms with Gasteiger partial charge in [0.05, 0.1) is 13.1 Å². The van der Waals surface area contributed by atoms with Gasteiger partial charge in [-0.3, -0.25) is 9.69 Å². The number of halogens is 1. The van der Waals surface area contributed by atoms with Gasteiger partial charge in [0.25, 0.3) is 0 Å². The zero-order chi connectivity index (χ0) is 16.1. The Bertz CT molecular complexity index is 674. The van der Waals surface area contributed by atoms with Gasteiger partial charge in [-0.05, 0) is 41.6 Å². The highest BCUT2D eigenvalue weighted by molar-refractivity contribution is 7.10. The van der Waals surface area contributed by atoms with Crippen LogP contribution in [0.5, 0.6) is 5.75 Å². The zero-order valence-corrected chi connectivity index (χ0v) is 14.3. The predicted molar refractivity (Wildman–Crippen MR) is 93.3 cm³/mol. The molecule has 6 heteroatoms. The summed E-state index contributed by atoms with van der Waals surface area (Å²) in [4.78, 5) is 15.6. The number of nitrogens with one attached hydrogen (secondary N) is 1. The van der Waals surface area contributed by atoms with Gasteiger partial charge in [-0.1, -0.05) is 17.7 Å². The average molecular weight is 351 g/mol. The molecule has 3 rings (SSSR count). The van der Waals surface area contributed by atoms with Crippen LogP contribution in [0.4, 0.5) is 0 Å². The van der Waals surface area contributed by atoms with Crippen LogP contribution in [0.1, 0.15) is 10.4 Å². The SMILES string of the molecule is O=C(CN1CCc2sccc2C1)NCCOc1cccc(Cl)c1. The highest BCUT2D eigenvalue weighted by Crippen LogP contribution is 2.23. The smallest absolute Gasteiger partial charge is 0.234 e. The Morgan fingerprint density at radius 3 is 3.17 bits per heavy atom. The zero-order valence-electron chi connectivity index (χ0n) is 12.8. The van der Waals surface area contributed by atoms with Crippen LogP contribution in [-0.4, -0.2) is 37.0 Å². The second-order valence-electron chi connectivity index (χ2n) is 5.49. The Hall–Kier alpha value is -1.56. The van der Waals surface area contributed by atoms with Crippen LogP contribution in [-0.2, 0) is 17.8 Å². The number of carbonyl (C=O) groups excluding carboxylic acids is 1. The maximum Gasteiger partial charge on any atom is 0.234 e. The van der Waals surface area contributed by atoms with E-state index < -0.39 is 0 Å². The number of amides is 1. The van der Waals surface area contributed by atoms with Crippen molar-refractivity contribution in [2.24, 2.45) is 0 Å². The molecule has 0 atom stereocenters. The number of hydrogen-bond acceptors (Lipinski definition) is 4. The molecule has 1 aliphatic rings. The van der Waals surface area contributed by atoms with Crippen LogP contribution in [0, 0.1) is 0 Å². The minimum atomic E-state index is 0.0402. The summed E-state index contributed by atoms with van der Waals surface area (Å²) in [5, 5.41) is 5.67. The third-order valence-electron chi connectivity index (χ3n) is 3.74. The number of thiophene rings is 1. The number of carbonyl (C=O) groups is 1. The molecule has 4 nitrogen and oxygen atoms in total. The van der Waals surface area contributed by atoms with E-state index in [0.717, 1.165) is 19.5 Å². The molecule has 0 bridgehead atoms. The molecule has 1 aromatic carbocycles. The van der Waals surface area contributed by atoms with Gasteiger partial charge >= 0.3 is 0 Å². The summed E-state index contributed by atoms with van der Waals surface area (Å²) in [6.45, 7) is 3.17. The molecular formula is C17H19ClN2O2S. The lowest BCUT2D eigenvalue weighted by molar-refractivity contribution is -0.122. The molecule has 2 aromatic rings. The summed E-state index contributed by atoms with van der Waals surface area (Å²) in [5.74, 6) is 0.756. The summed E-state index contributed by atoms with van der Waals surface area (Å²) in [5.41, 5.74) is 1.36. The van der Waals surface area contributed by atoms with E-state index in [-0.39, 0.29) is 5.91 Å². The lowest BCUT2D eigenvalue weighted by atomic mass is 10.1. The van der Waals surface area contributed by atoms with Crippen LogP contribution >= 0.6 is 22.9 Å². The molecular weight excluding hydrogens is 332 g/mol. The standard InChI is InChI=1S/C17H19ClN2O2S/c18-14-2-1-3-15(10-14)22-8-6-19-17(21)12-20-7-4-16-13(11-20)5-9-23-16/h1-3,5,9-10H,4,6-8,11-12H2,(H,19,21). The topological polar surface area (TPSA) is 41.6 Å². The molecule has 0 aliphatic carbocycles. The van der Waals surface area contributed by atoms with E-state index >= 15 is 0 Å². The molecule has 0 unspecified atom stereocenters. The molecule has 1 aliphatic heterocycles. The monoisotopic (exact) mass is 350 g/mol. The van der Waals surface area contributed by atoms with E-state index in [9.17, 15) is 4.79 Å². The Morgan fingerprint density at radius 1 is 1.39 bits per heavy atom. The van der Waals surface area contributed by atoms with Gasteiger partial charge in [0.1, 0.15) is 12.4 Å². The summed E-state index contributed by atoms with van der Waals surface area (Å²) in [6.07, 6.45) is 1.04. The maximum absolute atomic E-state index is 12.0. The van der Waals surface area contributed by atoms with E-state index in [1.54, 1.807) is 12.1 Å². The lowest BCUT2D eigenvalue weighted by Gasteiger charge is -2.26. The molecule has 1 N–H and O–H groups in total. The molecule has 23 heavy (non-hydrogen) atoms. The summed E-state index contributed by atoms with van der Waals surface area (Å²) < 4.78 is 5.55. The van der Waals surface area contributed by atoms with Gasteiger partial charge in [0.15, 0.2) is 0 Å². The Balaban J connectivity index is 1.35. The van der Waals surface area contributed by atoms with Crippen LogP contribution in [0.3, 0.4) is 0 Å². The summed E-state index contributed by atoms with van der Waals surface area (Å²) in [7, 11) is 0. The number of fused-ring (bicyclic) bond motifs is 1. The van der Waals surface area contributed by atoms with Gasteiger partial charge in [0, 0.05) is 23.0 Å². The molecule has 1 amide bonds. The van der Waals surface area contributed by atoms with Gasteiger partial charge in [-0.25, -0.2) is 0 Å². The van der Waals surface area contributed by atoms with Crippen molar-refractivity contribution in [3.63, 3.8) is 0 Å². The Kier molecular flexibility index (Phi) is 5.54. The first kappa shape index (κ1) is 16.3. The third kappa shape index (κ3) is 4.70. The molecule has 0 saturated carbocycles. The van der Waals surface area contributed by atoms with Gasteiger partial charge in [0.2, 0.25) is 5.91 Å². The number of hydrogen-bond donors (Lipinski definition) is 1. The van der Waals surface area contributed by atoms with E-state index in [0.29, 0.717) is 30.5 Å². The number of nitrogens with zero attached hydrogens (tertiary/aromatic N) is 1. The Labute approximate surface area is 145 Å². The van der Waals surface area contributed by atoms with E-state index in [1.165, 1.54) is 10.4 Å². The van der Waals surface area contributed by atoms with Crippen molar-refractivity contribution in [3.05, 3.63) is 51.2 Å². The minimum Gasteiger partial charge on any atom is -0.492 e. The van der Waals surface area contributed by atoms with Gasteiger partial charge in [-0.15, -0.1) is 11.3 Å². The normalized spacial score (nSPS) is 14.3. The lowest BCUT2D eigenvalue weighted by Crippen LogP contribution is -2.40. The molecule has 0 spiro atoms. The number of ether oxygens (including phenoxy) is 1. The minimum absolute atomic E-state index is 0.0402. The fraction of sp³-hybridized carbons (Fsp3) is 0.353. The first-order chi connectivity index (χ1) is 11.2. The average Bonchev–Trinajstić information content (AvgIpc) is 2.99. The molecule has 122 valence electrons. The van der Waals surface area contributed by atoms with Crippen LogP contribution < -0.4 is 10.1 Å². The molecule has 0 saturated heterocycles. The second-order valence-corrected chi connectivity index (χ2v) is 6.92. The van der Waals surface area contributed by atoms with Crippen LogP contribution in [0.15, 0.2) is 35.7 Å². The second kappa shape index (κ2) is 7.81. The third-order valence-corrected chi connectivity index (χ3v) is 5.00. The fourth-order valence-corrected chi connectivity index (χ4v) is 3.69. The highest BCUT2D eigenvalue weighted by Gasteiger charge is 2.18. The van der Waals surface area contributed by atoms with Crippen molar-refractivity contribution in [1.29, 1.82) is 0 Å². The van der Waals surface area contributed by atoms with E-state index in [1.807, 2.05) is 23.5 Å². The van der Waals surface area contributed by atoms with Crippen molar-refractivity contribution in [1.82, 2.24) is 10.2 Å². The van der Waals surface area contributed by atoms with Gasteiger partial charge < -0.3 is 10.1 Å². The summed E-state index contributed by atoms with van der Waals surface area (Å²) in [6, 6.07) is 9.40. The highest BCUT2D eigenvalue weighted by atomic mass is 35.5. The Morgan fingerprint density at radius 2 is 2.30 bits per heavy atom. The maximum atomic E-state index is 12.0. The number of rotatable bonds is 6. The quantitative estimate of drug-likeness (QED) is 0.814. The van der Waals surface area contributed by atoms with E-state index in [2.05, 4.69) is 21.7 Å². The first-order valence-corrected chi connectivity index (χ1v) is 8.89. The van der Waals surface area contributed by atoms with Crippen molar-refractivity contribution >= 4 is 28.8 Å². The molecule has 2 heterocycles. The predicted octanol–water partition coefficient (Wildman–Crippen LogP) is 2.95. The van der Waals surface area contributed by atoms with Crippen molar-refractivity contribution < 1.29 is 9.53 Å². The van der Waals surface area contributed by atoms with Crippen LogP contribution in [0.2, 0.25) is 5.02 Å². The fourth-order valence-electron chi connectivity index (χ4n) is 2.62. The largest absolute Gasteiger partial charge is 0.492 e. The number of benzene rings is 1. The van der Waals surface area contributed by atoms with E-state index in [4.69, 9.17) is 16.3 Å². The van der Waals surface area contributed by atoms with Crippen molar-refractivity contribution in [3.8, 4) is 5.75 Å². The van der Waals surface area contributed by atoms with Gasteiger partial charge in [-0.2, -0.15) is 0 Å². The van der Waals surface area contributed by atoms with Crippen LogP contribution in [0.25, 0.3) is 0 Å². The summed E-state index contributed by atoms with van der Waals surface area (Å²) >= 11 is 7.70. The molecule has 0 fully saturated rings. The molecule has 0 radical (unpaired) electrons. The van der Waals surface area contributed by atoms with Crippen molar-refractivity contribution in [2.45, 2.75) is 13.0 Å².